The van der Waals surface area contributed by atoms with Crippen LogP contribution in [-0.2, 0) is 6.54 Å². The maximum absolute atomic E-state index is 11.3. The zero-order valence-electron chi connectivity index (χ0n) is 18.6. The number of carbonyl (C=O) groups excluding carboxylic acids is 1. The molecule has 33 heavy (non-hydrogen) atoms. The second-order valence-corrected chi connectivity index (χ2v) is 7.24. The molecule has 0 unspecified atom stereocenters. The van der Waals surface area contributed by atoms with Gasteiger partial charge in [0.05, 0.1) is 0 Å². The van der Waals surface area contributed by atoms with Crippen LogP contribution in [0.4, 0.5) is 6.01 Å². The maximum atomic E-state index is 11.3. The molecule has 1 aromatic carbocycles. The Kier molecular flexibility index (Phi) is 8.06. The van der Waals surface area contributed by atoms with E-state index < -0.39 is 5.91 Å². The smallest absolute Gasteiger partial charge is 0.320 e. The maximum Gasteiger partial charge on any atom is 0.357 e. The van der Waals surface area contributed by atoms with E-state index in [4.69, 9.17) is 4.52 Å². The topological polar surface area (TPSA) is 143 Å². The number of aromatic nitrogens is 6. The molecule has 1 amide bonds. The SMILES string of the molecule is CCCN(Cc1ccc(/C(C)=C/C=C\C=C(/C)c2nn[nH]n2)cc1)c1nc(C(=O)N=O)no1. The average molecular weight is 448 g/mol. The normalized spacial score (nSPS) is 12.3. The molecule has 0 spiro atoms. The van der Waals surface area contributed by atoms with Gasteiger partial charge in [0.1, 0.15) is 0 Å². The highest BCUT2D eigenvalue weighted by Gasteiger charge is 2.19. The minimum atomic E-state index is -1.05. The Morgan fingerprint density at radius 2 is 1.85 bits per heavy atom. The number of rotatable bonds is 10. The number of aromatic amines is 1. The monoisotopic (exact) mass is 448 g/mol. The summed E-state index contributed by atoms with van der Waals surface area (Å²) in [7, 11) is 0. The molecule has 0 radical (unpaired) electrons. The zero-order chi connectivity index (χ0) is 23.6. The molecular weight excluding hydrogens is 424 g/mol. The van der Waals surface area contributed by atoms with Crippen molar-refractivity contribution in [3.05, 3.63) is 76.3 Å². The molecule has 11 heteroatoms. The van der Waals surface area contributed by atoms with E-state index in [0.717, 1.165) is 28.7 Å². The lowest BCUT2D eigenvalue weighted by atomic mass is 10.0. The predicted octanol–water partition coefficient (Wildman–Crippen LogP) is 3.97. The first-order valence-corrected chi connectivity index (χ1v) is 10.3. The zero-order valence-corrected chi connectivity index (χ0v) is 18.6. The van der Waals surface area contributed by atoms with E-state index in [1.165, 1.54) is 0 Å². The van der Waals surface area contributed by atoms with Crippen LogP contribution in [0.25, 0.3) is 11.1 Å². The lowest BCUT2D eigenvalue weighted by Gasteiger charge is -2.19. The van der Waals surface area contributed by atoms with Crippen LogP contribution in [0.2, 0.25) is 0 Å². The third-order valence-corrected chi connectivity index (χ3v) is 4.74. The van der Waals surface area contributed by atoms with Gasteiger partial charge in [-0.1, -0.05) is 55.5 Å². The molecule has 0 saturated heterocycles. The minimum absolute atomic E-state index is 0.179. The van der Waals surface area contributed by atoms with E-state index in [1.807, 2.05) is 74.2 Å². The number of hydrogen-bond acceptors (Lipinski definition) is 9. The number of carbonyl (C=O) groups is 1. The summed E-state index contributed by atoms with van der Waals surface area (Å²) < 4.78 is 5.14. The number of benzene rings is 1. The Morgan fingerprint density at radius 3 is 2.48 bits per heavy atom. The van der Waals surface area contributed by atoms with Crippen LogP contribution in [0.3, 0.4) is 0 Å². The van der Waals surface area contributed by atoms with Crippen LogP contribution in [-0.4, -0.2) is 43.2 Å². The summed E-state index contributed by atoms with van der Waals surface area (Å²) >= 11 is 0. The van der Waals surface area contributed by atoms with Crippen molar-refractivity contribution < 1.29 is 9.32 Å². The van der Waals surface area contributed by atoms with E-state index in [2.05, 4.69) is 35.9 Å². The molecule has 0 aliphatic heterocycles. The minimum Gasteiger partial charge on any atom is -0.320 e. The Balaban J connectivity index is 1.65. The summed E-state index contributed by atoms with van der Waals surface area (Å²) in [4.78, 5) is 27.6. The van der Waals surface area contributed by atoms with E-state index in [1.54, 1.807) is 0 Å². The molecule has 0 fully saturated rings. The van der Waals surface area contributed by atoms with Gasteiger partial charge >= 0.3 is 11.9 Å². The fourth-order valence-electron chi connectivity index (χ4n) is 2.98. The number of tetrazole rings is 1. The molecule has 1 N–H and O–H groups in total. The van der Waals surface area contributed by atoms with Gasteiger partial charge in [-0.3, -0.25) is 4.79 Å². The van der Waals surface area contributed by atoms with Gasteiger partial charge in [-0.2, -0.15) is 10.2 Å². The highest BCUT2D eigenvalue weighted by atomic mass is 16.5. The van der Waals surface area contributed by atoms with Crippen LogP contribution in [0.15, 0.2) is 58.3 Å². The molecule has 0 saturated carbocycles. The van der Waals surface area contributed by atoms with Crippen molar-refractivity contribution in [1.29, 1.82) is 0 Å². The van der Waals surface area contributed by atoms with Gasteiger partial charge in [0.25, 0.3) is 5.82 Å². The molecule has 3 aromatic rings. The van der Waals surface area contributed by atoms with Crippen molar-refractivity contribution in [3.8, 4) is 0 Å². The first-order chi connectivity index (χ1) is 16.0. The van der Waals surface area contributed by atoms with Crippen LogP contribution >= 0.6 is 0 Å². The fourth-order valence-corrected chi connectivity index (χ4v) is 2.98. The number of anilines is 1. The number of hydrogen-bond donors (Lipinski definition) is 1. The number of H-pyrrole nitrogens is 1. The number of nitroso groups, excluding NO2 is 1. The van der Waals surface area contributed by atoms with E-state index in [9.17, 15) is 9.70 Å². The Labute approximate surface area is 190 Å². The van der Waals surface area contributed by atoms with Crippen molar-refractivity contribution in [2.45, 2.75) is 33.7 Å². The molecule has 0 aliphatic rings. The molecule has 3 rings (SSSR count). The third-order valence-electron chi connectivity index (χ3n) is 4.74. The number of nitrogens with zero attached hydrogens (tertiary/aromatic N) is 7. The summed E-state index contributed by atoms with van der Waals surface area (Å²) in [5, 5.41) is 19.7. The van der Waals surface area contributed by atoms with Crippen molar-refractivity contribution in [1.82, 2.24) is 30.8 Å². The van der Waals surface area contributed by atoms with Gasteiger partial charge in [-0.05, 0) is 52.9 Å². The standard InChI is InChI=1S/C22H24N8O3/c1-4-13-30(22-23-20(27-33-22)21(31)26-32)14-17-9-11-18(12-10-17)15(2)7-5-6-8-16(3)19-24-28-29-25-19/h5-12H,4,13-14H2,1-3H3,(H,24,25,28,29)/b6-5-,15-7+,16-8+. The van der Waals surface area contributed by atoms with Gasteiger partial charge in [-0.25, -0.2) is 0 Å². The largest absolute Gasteiger partial charge is 0.357 e. The Bertz CT molecular complexity index is 1160. The second kappa shape index (κ2) is 11.4. The summed E-state index contributed by atoms with van der Waals surface area (Å²) in [5.74, 6) is -0.827. The van der Waals surface area contributed by atoms with Crippen LogP contribution in [0.5, 0.6) is 0 Å². The highest BCUT2D eigenvalue weighted by molar-refractivity contribution is 5.91. The molecule has 0 bridgehead atoms. The first-order valence-electron chi connectivity index (χ1n) is 10.3. The van der Waals surface area contributed by atoms with Crippen LogP contribution in [0.1, 0.15) is 54.8 Å². The third kappa shape index (κ3) is 6.35. The van der Waals surface area contributed by atoms with Gasteiger partial charge in [0.15, 0.2) is 5.82 Å². The predicted molar refractivity (Wildman–Crippen MR) is 123 cm³/mol. The molecule has 0 atom stereocenters. The van der Waals surface area contributed by atoms with Crippen molar-refractivity contribution in [2.75, 3.05) is 11.4 Å². The van der Waals surface area contributed by atoms with Crippen LogP contribution < -0.4 is 4.90 Å². The van der Waals surface area contributed by atoms with E-state index in [0.29, 0.717) is 18.9 Å². The fraction of sp³-hybridized carbons (Fsp3) is 0.273. The van der Waals surface area contributed by atoms with Crippen molar-refractivity contribution in [3.63, 3.8) is 0 Å². The van der Waals surface area contributed by atoms with Gasteiger partial charge < -0.3 is 9.42 Å². The summed E-state index contributed by atoms with van der Waals surface area (Å²) in [5.41, 5.74) is 4.14. The second-order valence-electron chi connectivity index (χ2n) is 7.24. The number of nitrogens with one attached hydrogen (secondary N) is 1. The number of allylic oxidation sites excluding steroid dienone is 6. The molecular formula is C22H24N8O3. The van der Waals surface area contributed by atoms with E-state index >= 15 is 0 Å². The van der Waals surface area contributed by atoms with E-state index in [-0.39, 0.29) is 11.8 Å². The highest BCUT2D eigenvalue weighted by Crippen LogP contribution is 2.19. The molecule has 11 nitrogen and oxygen atoms in total. The van der Waals surface area contributed by atoms with Crippen LogP contribution in [0, 0.1) is 4.91 Å². The van der Waals surface area contributed by atoms with Crippen molar-refractivity contribution in [2.24, 2.45) is 5.18 Å². The lowest BCUT2D eigenvalue weighted by Crippen LogP contribution is -2.23. The summed E-state index contributed by atoms with van der Waals surface area (Å²) in [6.45, 7) is 7.13. The summed E-state index contributed by atoms with van der Waals surface area (Å²) in [6, 6.07) is 8.30. The molecule has 0 aliphatic carbocycles. The summed E-state index contributed by atoms with van der Waals surface area (Å²) in [6.07, 6.45) is 8.66. The molecule has 170 valence electrons. The average Bonchev–Trinajstić information content (AvgIpc) is 3.54. The Hall–Kier alpha value is -4.28. The Morgan fingerprint density at radius 1 is 1.12 bits per heavy atom. The lowest BCUT2D eigenvalue weighted by molar-refractivity contribution is 0.0988. The van der Waals surface area contributed by atoms with Gasteiger partial charge in [-0.15, -0.1) is 15.1 Å². The van der Waals surface area contributed by atoms with Gasteiger partial charge in [0, 0.05) is 18.3 Å². The first kappa shape index (κ1) is 23.4. The molecule has 2 aromatic heterocycles. The quantitative estimate of drug-likeness (QED) is 0.360. The van der Waals surface area contributed by atoms with Gasteiger partial charge in [0.2, 0.25) is 0 Å². The molecule has 2 heterocycles. The van der Waals surface area contributed by atoms with Crippen molar-refractivity contribution >= 4 is 23.1 Å². The number of amides is 1.